The van der Waals surface area contributed by atoms with Crippen molar-refractivity contribution in [2.45, 2.75) is 11.8 Å². The van der Waals surface area contributed by atoms with Crippen LogP contribution in [0.15, 0.2) is 47.4 Å². The Kier molecular flexibility index (Phi) is 2.55. The first kappa shape index (κ1) is 9.28. The predicted molar refractivity (Wildman–Crippen MR) is 60.5 cm³/mol. The van der Waals surface area contributed by atoms with Gasteiger partial charge in [0.15, 0.2) is 5.12 Å². The van der Waals surface area contributed by atoms with Crippen molar-refractivity contribution in [3.63, 3.8) is 0 Å². The van der Waals surface area contributed by atoms with E-state index in [0.717, 1.165) is 10.3 Å². The molecule has 70 valence electrons. The molecule has 0 amide bonds. The third-order valence-electron chi connectivity index (χ3n) is 2.00. The zero-order valence-corrected chi connectivity index (χ0v) is 8.67. The Morgan fingerprint density at radius 3 is 2.57 bits per heavy atom. The van der Waals surface area contributed by atoms with Gasteiger partial charge in [-0.2, -0.15) is 0 Å². The molecule has 0 spiro atoms. The first-order valence-corrected chi connectivity index (χ1v) is 5.25. The van der Waals surface area contributed by atoms with E-state index < -0.39 is 0 Å². The summed E-state index contributed by atoms with van der Waals surface area (Å²) in [6.07, 6.45) is 0. The molecular weight excluding hydrogens is 192 g/mol. The Bertz CT molecular complexity index is 471. The maximum Gasteiger partial charge on any atom is 0.190 e. The van der Waals surface area contributed by atoms with E-state index in [0.29, 0.717) is 0 Å². The molecule has 0 saturated heterocycles. The van der Waals surface area contributed by atoms with Crippen molar-refractivity contribution in [3.8, 4) is 0 Å². The van der Waals surface area contributed by atoms with Crippen LogP contribution in [-0.2, 0) is 4.79 Å². The topological polar surface area (TPSA) is 17.1 Å². The lowest BCUT2D eigenvalue weighted by Crippen LogP contribution is -1.82. The van der Waals surface area contributed by atoms with Crippen molar-refractivity contribution in [1.29, 1.82) is 0 Å². The van der Waals surface area contributed by atoms with Gasteiger partial charge in [0.1, 0.15) is 0 Å². The van der Waals surface area contributed by atoms with Crippen molar-refractivity contribution >= 4 is 27.6 Å². The lowest BCUT2D eigenvalue weighted by molar-refractivity contribution is -0.109. The average Bonchev–Trinajstić information content (AvgIpc) is 2.18. The molecule has 0 saturated carbocycles. The van der Waals surface area contributed by atoms with Gasteiger partial charge in [-0.25, -0.2) is 0 Å². The van der Waals surface area contributed by atoms with Crippen LogP contribution in [0.4, 0.5) is 0 Å². The third-order valence-corrected chi connectivity index (χ3v) is 2.87. The molecule has 0 fully saturated rings. The summed E-state index contributed by atoms with van der Waals surface area (Å²) in [7, 11) is 0. The standard InChI is InChI=1S/C12H10OS/c1-9(13)14-12-8-4-6-10-5-2-3-7-11(10)12/h2-8H,1H3. The van der Waals surface area contributed by atoms with Crippen LogP contribution in [0.2, 0.25) is 0 Å². The monoisotopic (exact) mass is 202 g/mol. The molecular formula is C12H10OS. The van der Waals surface area contributed by atoms with Crippen LogP contribution in [-0.4, -0.2) is 5.12 Å². The second kappa shape index (κ2) is 3.84. The first-order valence-electron chi connectivity index (χ1n) is 4.43. The Hall–Kier alpha value is -1.28. The lowest BCUT2D eigenvalue weighted by Gasteiger charge is -2.02. The van der Waals surface area contributed by atoms with Gasteiger partial charge >= 0.3 is 0 Å². The van der Waals surface area contributed by atoms with Gasteiger partial charge in [-0.15, -0.1) is 0 Å². The zero-order valence-electron chi connectivity index (χ0n) is 7.86. The molecule has 14 heavy (non-hydrogen) atoms. The normalized spacial score (nSPS) is 10.4. The van der Waals surface area contributed by atoms with Crippen LogP contribution >= 0.6 is 11.8 Å². The summed E-state index contributed by atoms with van der Waals surface area (Å²) in [6, 6.07) is 14.1. The first-order chi connectivity index (χ1) is 6.77. The Morgan fingerprint density at radius 2 is 1.79 bits per heavy atom. The molecule has 2 heteroatoms. The minimum Gasteiger partial charge on any atom is -0.287 e. The fraction of sp³-hybridized carbons (Fsp3) is 0.0833. The fourth-order valence-electron chi connectivity index (χ4n) is 1.44. The van der Waals surface area contributed by atoms with Crippen LogP contribution in [0.3, 0.4) is 0 Å². The SMILES string of the molecule is CC(=O)Sc1cccc2ccccc12. The van der Waals surface area contributed by atoms with Crippen molar-refractivity contribution in [2.24, 2.45) is 0 Å². The number of carbonyl (C=O) groups is 1. The van der Waals surface area contributed by atoms with Crippen molar-refractivity contribution in [1.82, 2.24) is 0 Å². The zero-order chi connectivity index (χ0) is 9.97. The summed E-state index contributed by atoms with van der Waals surface area (Å²) in [6.45, 7) is 1.59. The minimum absolute atomic E-state index is 0.126. The minimum atomic E-state index is 0.126. The van der Waals surface area contributed by atoms with Gasteiger partial charge in [0.25, 0.3) is 0 Å². The molecule has 0 N–H and O–H groups in total. The van der Waals surface area contributed by atoms with E-state index in [1.807, 2.05) is 30.3 Å². The van der Waals surface area contributed by atoms with Gasteiger partial charge < -0.3 is 0 Å². The molecule has 0 heterocycles. The van der Waals surface area contributed by atoms with E-state index in [4.69, 9.17) is 0 Å². The summed E-state index contributed by atoms with van der Waals surface area (Å²) < 4.78 is 0. The van der Waals surface area contributed by atoms with E-state index in [1.54, 1.807) is 6.92 Å². The molecule has 0 atom stereocenters. The summed E-state index contributed by atoms with van der Waals surface area (Å²) in [5.74, 6) is 0. The predicted octanol–water partition coefficient (Wildman–Crippen LogP) is 3.48. The number of carbonyl (C=O) groups excluding carboxylic acids is 1. The Morgan fingerprint density at radius 1 is 1.07 bits per heavy atom. The molecule has 0 aliphatic carbocycles. The lowest BCUT2D eigenvalue weighted by atomic mass is 10.1. The van der Waals surface area contributed by atoms with Gasteiger partial charge in [-0.05, 0) is 16.8 Å². The van der Waals surface area contributed by atoms with E-state index in [-0.39, 0.29) is 5.12 Å². The Labute approximate surface area is 87.1 Å². The highest BCUT2D eigenvalue weighted by Gasteiger charge is 2.02. The summed E-state index contributed by atoms with van der Waals surface area (Å²) in [4.78, 5) is 12.1. The smallest absolute Gasteiger partial charge is 0.190 e. The number of rotatable bonds is 1. The maximum absolute atomic E-state index is 11.0. The maximum atomic E-state index is 11.0. The van der Waals surface area contributed by atoms with Gasteiger partial charge in [-0.3, -0.25) is 4.79 Å². The second-order valence-electron chi connectivity index (χ2n) is 3.07. The summed E-state index contributed by atoms with van der Waals surface area (Å²) >= 11 is 1.29. The molecule has 0 aliphatic heterocycles. The largest absolute Gasteiger partial charge is 0.287 e. The highest BCUT2D eigenvalue weighted by atomic mass is 32.2. The van der Waals surface area contributed by atoms with Crippen LogP contribution in [0.1, 0.15) is 6.92 Å². The molecule has 2 aromatic rings. The Balaban J connectivity index is 2.59. The molecule has 2 rings (SSSR count). The molecule has 0 radical (unpaired) electrons. The van der Waals surface area contributed by atoms with E-state index in [1.165, 1.54) is 17.1 Å². The van der Waals surface area contributed by atoms with Gasteiger partial charge in [0.2, 0.25) is 0 Å². The number of thioether (sulfide) groups is 1. The summed E-state index contributed by atoms with van der Waals surface area (Å²) in [5, 5.41) is 2.45. The molecule has 0 unspecified atom stereocenters. The number of fused-ring (bicyclic) bond motifs is 1. The van der Waals surface area contributed by atoms with Crippen molar-refractivity contribution in [3.05, 3.63) is 42.5 Å². The highest BCUT2D eigenvalue weighted by molar-refractivity contribution is 8.13. The molecule has 1 nitrogen and oxygen atoms in total. The molecule has 2 aromatic carbocycles. The van der Waals surface area contributed by atoms with Gasteiger partial charge in [-0.1, -0.05) is 48.2 Å². The van der Waals surface area contributed by atoms with Crippen LogP contribution in [0, 0.1) is 0 Å². The molecule has 0 aromatic heterocycles. The second-order valence-corrected chi connectivity index (χ2v) is 4.29. The van der Waals surface area contributed by atoms with E-state index in [9.17, 15) is 4.79 Å². The van der Waals surface area contributed by atoms with Crippen LogP contribution in [0.5, 0.6) is 0 Å². The van der Waals surface area contributed by atoms with E-state index >= 15 is 0 Å². The number of hydrogen-bond acceptors (Lipinski definition) is 2. The molecule has 0 aliphatic rings. The third kappa shape index (κ3) is 1.80. The number of hydrogen-bond donors (Lipinski definition) is 0. The quantitative estimate of drug-likeness (QED) is 0.658. The van der Waals surface area contributed by atoms with E-state index in [2.05, 4.69) is 12.1 Å². The van der Waals surface area contributed by atoms with Gasteiger partial charge in [0.05, 0.1) is 0 Å². The van der Waals surface area contributed by atoms with Crippen LogP contribution in [0.25, 0.3) is 10.8 Å². The fourth-order valence-corrected chi connectivity index (χ4v) is 2.19. The average molecular weight is 202 g/mol. The van der Waals surface area contributed by atoms with Crippen molar-refractivity contribution in [2.75, 3.05) is 0 Å². The number of benzene rings is 2. The summed E-state index contributed by atoms with van der Waals surface area (Å²) in [5.41, 5.74) is 0. The van der Waals surface area contributed by atoms with Crippen LogP contribution < -0.4 is 0 Å². The van der Waals surface area contributed by atoms with Gasteiger partial charge in [0, 0.05) is 11.8 Å². The highest BCUT2D eigenvalue weighted by Crippen LogP contribution is 2.27. The molecule has 0 bridgehead atoms. The van der Waals surface area contributed by atoms with Crippen molar-refractivity contribution < 1.29 is 4.79 Å².